The highest BCUT2D eigenvalue weighted by Crippen LogP contribution is 2.71. The van der Waals surface area contributed by atoms with Gasteiger partial charge in [0.2, 0.25) is 0 Å². The minimum atomic E-state index is -1.80. The zero-order valence-electron chi connectivity index (χ0n) is 18.5. The van der Waals surface area contributed by atoms with Crippen molar-refractivity contribution in [1.82, 2.24) is 0 Å². The van der Waals surface area contributed by atoms with E-state index in [0.29, 0.717) is 25.3 Å². The Morgan fingerprint density at radius 3 is 1.90 bits per heavy atom. The molecule has 0 atom stereocenters. The smallest absolute Gasteiger partial charge is 0.129 e. The second kappa shape index (κ2) is 10.4. The molecule has 0 heterocycles. The van der Waals surface area contributed by atoms with Gasteiger partial charge in [0.25, 0.3) is 0 Å². The summed E-state index contributed by atoms with van der Waals surface area (Å²) in [5, 5.41) is 0. The number of ether oxygens (including phenoxy) is 1. The first-order valence-electron chi connectivity index (χ1n) is 10.5. The molecule has 0 aromatic heterocycles. The Kier molecular flexibility index (Phi) is 7.89. The molecule has 0 bridgehead atoms. The Labute approximate surface area is 186 Å². The standard InChI is InChI=1S/C26H32FNO2S/c1-26(2,3)31(23-10-6-4-7-11-23,24-12-8-5-9-13-24)30-17-16-29-20-22-15-14-21(19-28)18-25(22)27/h4-15,18H,16-17,19-20,28H2,1-3H3. The summed E-state index contributed by atoms with van der Waals surface area (Å²) in [5.41, 5.74) is 6.87. The maximum atomic E-state index is 14.2. The van der Waals surface area contributed by atoms with Crippen LogP contribution in [0, 0.1) is 5.82 Å². The molecule has 31 heavy (non-hydrogen) atoms. The lowest BCUT2D eigenvalue weighted by Crippen LogP contribution is -2.28. The van der Waals surface area contributed by atoms with E-state index < -0.39 is 10.3 Å². The van der Waals surface area contributed by atoms with E-state index in [-0.39, 0.29) is 17.2 Å². The van der Waals surface area contributed by atoms with Crippen LogP contribution in [0.25, 0.3) is 0 Å². The third kappa shape index (κ3) is 5.36. The molecule has 3 rings (SSSR count). The molecule has 166 valence electrons. The van der Waals surface area contributed by atoms with Gasteiger partial charge < -0.3 is 14.7 Å². The molecule has 0 saturated carbocycles. The number of hydrogen-bond donors (Lipinski definition) is 1. The van der Waals surface area contributed by atoms with E-state index in [1.807, 2.05) is 18.2 Å². The molecule has 0 unspecified atom stereocenters. The zero-order chi connectivity index (χ0) is 22.3. The van der Waals surface area contributed by atoms with E-state index >= 15 is 0 Å². The van der Waals surface area contributed by atoms with Crippen LogP contribution >= 0.6 is 10.3 Å². The van der Waals surface area contributed by atoms with Gasteiger partial charge in [0.15, 0.2) is 0 Å². The van der Waals surface area contributed by atoms with E-state index in [9.17, 15) is 4.39 Å². The van der Waals surface area contributed by atoms with Crippen molar-refractivity contribution in [2.75, 3.05) is 13.2 Å². The second-order valence-corrected chi connectivity index (χ2v) is 11.8. The maximum Gasteiger partial charge on any atom is 0.129 e. The summed E-state index contributed by atoms with van der Waals surface area (Å²) in [5.74, 6) is -0.285. The molecule has 0 aliphatic carbocycles. The van der Waals surface area contributed by atoms with Crippen molar-refractivity contribution in [3.63, 3.8) is 0 Å². The van der Waals surface area contributed by atoms with E-state index in [1.54, 1.807) is 6.07 Å². The monoisotopic (exact) mass is 441 g/mol. The minimum Gasteiger partial charge on any atom is -0.374 e. The summed E-state index contributed by atoms with van der Waals surface area (Å²) >= 11 is 0. The predicted molar refractivity (Wildman–Crippen MR) is 127 cm³/mol. The van der Waals surface area contributed by atoms with Crippen molar-refractivity contribution >= 4 is 10.3 Å². The van der Waals surface area contributed by atoms with Crippen LogP contribution in [0.15, 0.2) is 88.7 Å². The summed E-state index contributed by atoms with van der Waals surface area (Å²) in [6, 6.07) is 25.9. The minimum absolute atomic E-state index is 0.139. The van der Waals surface area contributed by atoms with E-state index in [0.717, 1.165) is 5.56 Å². The highest BCUT2D eigenvalue weighted by atomic mass is 32.3. The summed E-state index contributed by atoms with van der Waals surface area (Å²) in [4.78, 5) is 2.36. The molecule has 0 amide bonds. The van der Waals surface area contributed by atoms with Crippen molar-refractivity contribution in [2.45, 2.75) is 48.5 Å². The van der Waals surface area contributed by atoms with Crippen LogP contribution in [0.5, 0.6) is 0 Å². The average molecular weight is 442 g/mol. The van der Waals surface area contributed by atoms with Gasteiger partial charge in [-0.2, -0.15) is 0 Å². The first-order chi connectivity index (χ1) is 14.9. The Bertz CT molecular complexity index is 919. The molecule has 5 heteroatoms. The molecule has 3 aromatic rings. The number of benzene rings is 3. The maximum absolute atomic E-state index is 14.2. The van der Waals surface area contributed by atoms with Gasteiger partial charge in [0.1, 0.15) is 5.82 Å². The Balaban J connectivity index is 1.76. The summed E-state index contributed by atoms with van der Waals surface area (Å²) < 4.78 is 26.5. The average Bonchev–Trinajstić information content (AvgIpc) is 2.77. The fourth-order valence-electron chi connectivity index (χ4n) is 3.62. The van der Waals surface area contributed by atoms with Gasteiger partial charge in [-0.3, -0.25) is 0 Å². The molecular weight excluding hydrogens is 409 g/mol. The topological polar surface area (TPSA) is 44.5 Å². The van der Waals surface area contributed by atoms with Crippen LogP contribution in [0.4, 0.5) is 4.39 Å². The van der Waals surface area contributed by atoms with Crippen LogP contribution in [-0.4, -0.2) is 18.0 Å². The fourth-order valence-corrected chi connectivity index (χ4v) is 7.33. The van der Waals surface area contributed by atoms with Crippen molar-refractivity contribution in [3.8, 4) is 0 Å². The summed E-state index contributed by atoms with van der Waals surface area (Å²) in [7, 11) is -1.80. The number of nitrogens with two attached hydrogens (primary N) is 1. The first-order valence-corrected chi connectivity index (χ1v) is 12.1. The number of halogens is 1. The summed E-state index contributed by atoms with van der Waals surface area (Å²) in [6.07, 6.45) is 0. The number of hydrogen-bond acceptors (Lipinski definition) is 3. The quantitative estimate of drug-likeness (QED) is 0.388. The highest BCUT2D eigenvalue weighted by Gasteiger charge is 2.41. The molecule has 3 nitrogen and oxygen atoms in total. The molecular formula is C26H32FNO2S. The predicted octanol–water partition coefficient (Wildman–Crippen LogP) is 6.45. The van der Waals surface area contributed by atoms with Crippen molar-refractivity contribution in [2.24, 2.45) is 5.73 Å². The molecule has 0 aliphatic rings. The molecule has 3 aromatic carbocycles. The van der Waals surface area contributed by atoms with E-state index in [4.69, 9.17) is 14.7 Å². The zero-order valence-corrected chi connectivity index (χ0v) is 19.3. The van der Waals surface area contributed by atoms with Crippen molar-refractivity contribution < 1.29 is 13.3 Å². The third-order valence-electron chi connectivity index (χ3n) is 5.11. The Morgan fingerprint density at radius 2 is 1.42 bits per heavy atom. The summed E-state index contributed by atoms with van der Waals surface area (Å²) in [6.45, 7) is 7.98. The van der Waals surface area contributed by atoms with Gasteiger partial charge in [-0.1, -0.05) is 58.8 Å². The van der Waals surface area contributed by atoms with Gasteiger partial charge in [0, 0.05) is 26.6 Å². The van der Waals surface area contributed by atoms with Crippen LogP contribution in [0.1, 0.15) is 31.9 Å². The van der Waals surface area contributed by atoms with E-state index in [2.05, 4.69) is 69.3 Å². The number of rotatable bonds is 9. The molecule has 0 saturated heterocycles. The molecule has 0 aliphatic heterocycles. The van der Waals surface area contributed by atoms with Crippen LogP contribution in [-0.2, 0) is 22.1 Å². The highest BCUT2D eigenvalue weighted by molar-refractivity contribution is 8.31. The largest absolute Gasteiger partial charge is 0.374 e. The van der Waals surface area contributed by atoms with Crippen molar-refractivity contribution in [3.05, 3.63) is 95.8 Å². The Hall–Kier alpha value is -2.18. The van der Waals surface area contributed by atoms with Gasteiger partial charge in [0.05, 0.1) is 19.8 Å². The Morgan fingerprint density at radius 1 is 0.839 bits per heavy atom. The molecule has 0 spiro atoms. The SMILES string of the molecule is CC(C)(C)S(OCCOCc1ccc(CN)cc1F)(c1ccccc1)c1ccccc1. The second-order valence-electron chi connectivity index (χ2n) is 8.30. The molecule has 0 fully saturated rings. The fraction of sp³-hybridized carbons (Fsp3) is 0.308. The van der Waals surface area contributed by atoms with Crippen molar-refractivity contribution in [1.29, 1.82) is 0 Å². The van der Waals surface area contributed by atoms with Crippen LogP contribution < -0.4 is 5.73 Å². The molecule has 0 radical (unpaired) electrons. The lowest BCUT2D eigenvalue weighted by atomic mass is 10.1. The lowest BCUT2D eigenvalue weighted by molar-refractivity contribution is 0.0905. The third-order valence-corrected chi connectivity index (χ3v) is 9.23. The van der Waals surface area contributed by atoms with Crippen LogP contribution in [0.2, 0.25) is 0 Å². The molecule has 2 N–H and O–H groups in total. The normalized spacial score (nSPS) is 12.7. The van der Waals surface area contributed by atoms with Gasteiger partial charge in [-0.15, -0.1) is 0 Å². The first kappa shape index (κ1) is 23.5. The van der Waals surface area contributed by atoms with Gasteiger partial charge in [-0.05, 0) is 56.7 Å². The van der Waals surface area contributed by atoms with E-state index in [1.165, 1.54) is 15.9 Å². The lowest BCUT2D eigenvalue weighted by Gasteiger charge is -2.50. The van der Waals surface area contributed by atoms with Crippen LogP contribution in [0.3, 0.4) is 0 Å². The van der Waals surface area contributed by atoms with Gasteiger partial charge >= 0.3 is 0 Å². The van der Waals surface area contributed by atoms with Gasteiger partial charge in [-0.25, -0.2) is 4.39 Å².